The third-order valence-electron chi connectivity index (χ3n) is 11.4. The number of nitrogens with one attached hydrogen (secondary N) is 2. The van der Waals surface area contributed by atoms with Gasteiger partial charge in [0, 0.05) is 61.5 Å². The number of carbonyl (C=O) groups excluding carboxylic acids is 4. The average molecular weight is 896 g/mol. The number of aliphatic hydroxyl groups is 2. The Labute approximate surface area is 369 Å². The number of anilines is 2. The summed E-state index contributed by atoms with van der Waals surface area (Å²) in [5, 5.41) is 33.7. The van der Waals surface area contributed by atoms with Crippen LogP contribution in [0.5, 0.6) is 11.5 Å². The number of hydrogen-bond donors (Lipinski definition) is 4. The fourth-order valence-corrected chi connectivity index (χ4v) is 7.51. The van der Waals surface area contributed by atoms with Gasteiger partial charge in [-0.2, -0.15) is 5.26 Å². The van der Waals surface area contributed by atoms with E-state index in [9.17, 15) is 33.9 Å². The number of piperidine rings is 2. The molecule has 2 aromatic carbocycles. The maximum absolute atomic E-state index is 15.3. The van der Waals surface area contributed by atoms with Crippen LogP contribution in [0, 0.1) is 29.2 Å². The normalized spacial score (nSPS) is 22.1. The summed E-state index contributed by atoms with van der Waals surface area (Å²) in [6.07, 6.45) is 0.324. The average Bonchev–Trinajstić information content (AvgIpc) is 4.26. The lowest BCUT2D eigenvalue weighted by Gasteiger charge is -2.38. The van der Waals surface area contributed by atoms with Crippen LogP contribution >= 0.6 is 0 Å². The number of halogens is 3. The summed E-state index contributed by atoms with van der Waals surface area (Å²) in [4.78, 5) is 73.0. The van der Waals surface area contributed by atoms with E-state index in [1.165, 1.54) is 41.8 Å². The van der Waals surface area contributed by atoms with Crippen LogP contribution < -0.4 is 20.1 Å². The van der Waals surface area contributed by atoms with Crippen LogP contribution in [0.2, 0.25) is 0 Å². The molecule has 2 saturated carbocycles. The smallest absolute Gasteiger partial charge is 0.315 e. The maximum Gasteiger partial charge on any atom is 0.315 e. The lowest BCUT2D eigenvalue weighted by atomic mass is 10.0. The fourth-order valence-electron chi connectivity index (χ4n) is 7.51. The Morgan fingerprint density at radius 3 is 2.00 bits per heavy atom. The van der Waals surface area contributed by atoms with E-state index in [4.69, 9.17) is 14.6 Å². The van der Waals surface area contributed by atoms with Crippen molar-refractivity contribution in [1.29, 1.82) is 5.26 Å². The molecule has 0 radical (unpaired) electrons. The van der Waals surface area contributed by atoms with Gasteiger partial charge in [-0.15, -0.1) is 0 Å². The Morgan fingerprint density at radius 1 is 0.800 bits per heavy atom. The highest BCUT2D eigenvalue weighted by Crippen LogP contribution is 2.38. The summed E-state index contributed by atoms with van der Waals surface area (Å²) in [6.45, 7) is -2.66. The Morgan fingerprint density at radius 2 is 1.40 bits per heavy atom. The minimum Gasteiger partial charge on any atom is -0.486 e. The van der Waals surface area contributed by atoms with Gasteiger partial charge in [0.15, 0.2) is 12.3 Å². The highest BCUT2D eigenvalue weighted by Gasteiger charge is 2.53. The zero-order chi connectivity index (χ0) is 45.8. The third-order valence-corrected chi connectivity index (χ3v) is 11.4. The van der Waals surface area contributed by atoms with Crippen LogP contribution in [0.3, 0.4) is 0 Å². The second kappa shape index (κ2) is 18.9. The zero-order valence-corrected chi connectivity index (χ0v) is 34.6. The first-order chi connectivity index (χ1) is 31.3. The summed E-state index contributed by atoms with van der Waals surface area (Å²) in [6, 6.07) is 16.8. The molecule has 4 heterocycles. The Hall–Kier alpha value is -7.23. The van der Waals surface area contributed by atoms with Crippen molar-refractivity contribution in [1.82, 2.24) is 29.7 Å². The van der Waals surface area contributed by atoms with Gasteiger partial charge in [-0.05, 0) is 49.2 Å². The lowest BCUT2D eigenvalue weighted by molar-refractivity contribution is -0.161. The minimum atomic E-state index is -3.46. The minimum absolute atomic E-state index is 0.0126. The molecule has 5 atom stereocenters. The second-order valence-corrected chi connectivity index (χ2v) is 16.1. The first-order valence-corrected chi connectivity index (χ1v) is 20.9. The number of aromatic nitrogens is 4. The van der Waals surface area contributed by atoms with Crippen LogP contribution in [-0.2, 0) is 19.2 Å². The molecule has 65 heavy (non-hydrogen) atoms. The van der Waals surface area contributed by atoms with Crippen LogP contribution in [0.1, 0.15) is 43.2 Å². The van der Waals surface area contributed by atoms with E-state index in [1.54, 1.807) is 24.3 Å². The molecular weight excluding hydrogens is 854 g/mol. The molecule has 0 spiro atoms. The lowest BCUT2D eigenvalue weighted by Crippen LogP contribution is -2.55. The van der Waals surface area contributed by atoms with Gasteiger partial charge in [-0.3, -0.25) is 19.2 Å². The summed E-state index contributed by atoms with van der Waals surface area (Å²) >= 11 is 0. The molecule has 18 nitrogen and oxygen atoms in total. The van der Waals surface area contributed by atoms with Gasteiger partial charge >= 0.3 is 12.0 Å². The fraction of sp³-hybridized carbons (Fsp3) is 0.409. The van der Waals surface area contributed by atoms with Gasteiger partial charge in [-0.25, -0.2) is 33.1 Å². The van der Waals surface area contributed by atoms with E-state index >= 15 is 8.78 Å². The molecule has 2 aliphatic carbocycles. The predicted octanol–water partition coefficient (Wildman–Crippen LogP) is 3.45. The number of rotatable bonds is 12. The Kier molecular flexibility index (Phi) is 12.9. The zero-order valence-electron chi connectivity index (χ0n) is 34.6. The van der Waals surface area contributed by atoms with E-state index in [0.29, 0.717) is 28.9 Å². The van der Waals surface area contributed by atoms with Crippen LogP contribution in [0.4, 0.5) is 24.8 Å². The van der Waals surface area contributed by atoms with Gasteiger partial charge in [0.2, 0.25) is 23.6 Å². The van der Waals surface area contributed by atoms with Crippen molar-refractivity contribution in [2.24, 2.45) is 11.8 Å². The number of nitrogens with zero attached hydrogens (tertiary/aromatic N) is 8. The summed E-state index contributed by atoms with van der Waals surface area (Å²) in [5.74, 6) is -5.46. The first-order valence-electron chi connectivity index (χ1n) is 20.9. The molecule has 0 bridgehead atoms. The molecule has 4 aliphatic rings. The predicted molar refractivity (Wildman–Crippen MR) is 223 cm³/mol. The van der Waals surface area contributed by atoms with Crippen molar-refractivity contribution in [3.8, 4) is 46.2 Å². The number of carbonyl (C=O) groups is 4. The van der Waals surface area contributed by atoms with Crippen molar-refractivity contribution in [2.45, 2.75) is 62.4 Å². The highest BCUT2D eigenvalue weighted by molar-refractivity contribution is 5.95. The molecule has 21 heteroatoms. The second-order valence-electron chi connectivity index (χ2n) is 16.1. The summed E-state index contributed by atoms with van der Waals surface area (Å²) in [5.41, 5.74) is 2.04. The number of amides is 4. The van der Waals surface area contributed by atoms with Gasteiger partial charge < -0.3 is 40.1 Å². The van der Waals surface area contributed by atoms with Gasteiger partial charge in [0.1, 0.15) is 72.7 Å². The van der Waals surface area contributed by atoms with E-state index in [0.717, 1.165) is 17.7 Å². The SMILES string of the molecule is N#Cc1cc(-c2cc(NC(=O)C3CC3[N+]#Cc3cc(-c4cc(NC(=O)C5CC5)ncn4)ccc3O[C@@H]3CCN(C(=O)CO)CC3(F)F)ncn2)ccc1O[C@@H]1CCN(C(=O)CO)C[C@H]1F. The first kappa shape index (κ1) is 44.4. The van der Waals surface area contributed by atoms with Crippen LogP contribution in [0.15, 0.2) is 61.2 Å². The van der Waals surface area contributed by atoms with Crippen LogP contribution in [0.25, 0.3) is 27.4 Å². The molecule has 4 fully saturated rings. The molecule has 4 amide bonds. The van der Waals surface area contributed by atoms with Crippen molar-refractivity contribution in [2.75, 3.05) is 50.0 Å². The van der Waals surface area contributed by atoms with E-state index in [1.807, 2.05) is 6.07 Å². The Bertz CT molecular complexity index is 2620. The maximum atomic E-state index is 15.3. The number of benzene rings is 2. The van der Waals surface area contributed by atoms with Gasteiger partial charge in [0.05, 0.1) is 30.0 Å². The van der Waals surface area contributed by atoms with Gasteiger partial charge in [-0.1, -0.05) is 4.85 Å². The topological polar surface area (TPSA) is 237 Å². The highest BCUT2D eigenvalue weighted by atomic mass is 19.3. The van der Waals surface area contributed by atoms with E-state index in [2.05, 4.69) is 41.5 Å². The molecule has 8 rings (SSSR count). The van der Waals surface area contributed by atoms with Crippen molar-refractivity contribution in [3.63, 3.8) is 0 Å². The standard InChI is InChI=1S/C44H41F3N10O8/c45-30-18-56(40(60)19-58)9-7-36(30)64-34-5-3-25(11-27(34)16-48)31-15-39(53-23-50-31)55-43(63)29-13-33(29)49-17-28-12-26(32-14-38(52-22-51-32)54-42(62)24-1-2-24)4-6-35(28)65-37-8-10-57(41(61)20-59)21-44(37,46)47/h3-6,11-12,14-15,22-24,29-30,33,36-37,58-59H,1-2,7-10,13,18-21H2,(H-,50,51,52,53,54,55,62,63)/p+1/t29?,30-,33?,36-,37-/m1/s1. The van der Waals surface area contributed by atoms with Crippen molar-refractivity contribution in [3.05, 3.63) is 77.2 Å². The summed E-state index contributed by atoms with van der Waals surface area (Å²) < 4.78 is 57.3. The molecule has 4 N–H and O–H groups in total. The van der Waals surface area contributed by atoms with Gasteiger partial charge in [0.25, 0.3) is 6.04 Å². The van der Waals surface area contributed by atoms with Crippen molar-refractivity contribution >= 4 is 35.3 Å². The number of alkyl halides is 3. The molecule has 2 unspecified atom stereocenters. The number of hydrogen-bond acceptors (Lipinski definition) is 13. The molecule has 2 aromatic heterocycles. The monoisotopic (exact) mass is 895 g/mol. The number of likely N-dealkylation sites (tertiary alicyclic amines) is 2. The van der Waals surface area contributed by atoms with Crippen LogP contribution in [-0.4, -0.2) is 133 Å². The van der Waals surface area contributed by atoms with E-state index in [-0.39, 0.29) is 78.6 Å². The number of aliphatic hydroxyl groups excluding tert-OH is 2. The molecule has 2 aliphatic heterocycles. The molecule has 4 aromatic rings. The van der Waals surface area contributed by atoms with E-state index < -0.39 is 73.7 Å². The largest absolute Gasteiger partial charge is 0.486 e. The Balaban J connectivity index is 0.954. The molecule has 336 valence electrons. The van der Waals surface area contributed by atoms with Crippen molar-refractivity contribution < 1.29 is 52.0 Å². The summed E-state index contributed by atoms with van der Waals surface area (Å²) in [7, 11) is 0. The molecular formula is C44H42F3N10O8+. The number of nitriles is 1. The quantitative estimate of drug-likeness (QED) is 0.160. The third kappa shape index (κ3) is 10.4. The number of ether oxygens (including phenoxy) is 2. The molecule has 2 saturated heterocycles.